The van der Waals surface area contributed by atoms with Gasteiger partial charge < -0.3 is 0 Å². The van der Waals surface area contributed by atoms with Crippen LogP contribution in [0.1, 0.15) is 20.8 Å². The van der Waals surface area contributed by atoms with E-state index >= 15 is 0 Å². The van der Waals surface area contributed by atoms with Crippen molar-refractivity contribution in [3.05, 3.63) is 83.1 Å². The first kappa shape index (κ1) is 16.7. The van der Waals surface area contributed by atoms with E-state index in [0.717, 1.165) is 28.1 Å². The molecule has 0 spiro atoms. The average molecular weight is 349 g/mol. The Labute approximate surface area is 149 Å². The van der Waals surface area contributed by atoms with Crippen LogP contribution in [-0.4, -0.2) is 22.5 Å². The van der Waals surface area contributed by atoms with Crippen LogP contribution in [0, 0.1) is 0 Å². The van der Waals surface area contributed by atoms with Gasteiger partial charge in [-0.15, -0.1) is 0 Å². The Morgan fingerprint density at radius 1 is 0.720 bits per heavy atom. The molecule has 4 rings (SSSR count). The van der Waals surface area contributed by atoms with Crippen LogP contribution in [0.5, 0.6) is 0 Å². The Morgan fingerprint density at radius 3 is 2.04 bits per heavy atom. The van der Waals surface area contributed by atoms with Gasteiger partial charge in [-0.05, 0) is 24.3 Å². The van der Waals surface area contributed by atoms with Gasteiger partial charge >= 0.3 is 0 Å². The lowest BCUT2D eigenvalue weighted by Crippen LogP contribution is -1.87. The maximum Gasteiger partial charge on any atom is 0.168 e. The van der Waals surface area contributed by atoms with E-state index in [9.17, 15) is 9.59 Å². The van der Waals surface area contributed by atoms with Crippen LogP contribution in [0.25, 0.3) is 21.8 Å². The highest BCUT2D eigenvalue weighted by molar-refractivity contribution is 6.32. The summed E-state index contributed by atoms with van der Waals surface area (Å²) in [5.74, 6) is 0. The number of carbonyl (C=O) groups excluding carboxylic acids is 2. The van der Waals surface area contributed by atoms with Crippen LogP contribution < -0.4 is 0 Å². The highest BCUT2D eigenvalue weighted by atomic mass is 35.5. The number of pyridine rings is 2. The molecule has 2 heterocycles. The smallest absolute Gasteiger partial charge is 0.168 e. The van der Waals surface area contributed by atoms with E-state index in [0.29, 0.717) is 17.5 Å². The topological polar surface area (TPSA) is 59.9 Å². The fourth-order valence-electron chi connectivity index (χ4n) is 2.34. The van der Waals surface area contributed by atoms with E-state index in [4.69, 9.17) is 11.6 Å². The molecule has 0 N–H and O–H groups in total. The second kappa shape index (κ2) is 7.64. The van der Waals surface area contributed by atoms with Crippen LogP contribution in [0.4, 0.5) is 0 Å². The number of para-hydroxylation sites is 2. The van der Waals surface area contributed by atoms with E-state index in [1.54, 1.807) is 12.1 Å². The number of rotatable bonds is 2. The lowest BCUT2D eigenvalue weighted by molar-refractivity contribution is 0.111. The summed E-state index contributed by atoms with van der Waals surface area (Å²) in [5.41, 5.74) is 2.58. The minimum Gasteiger partial charge on any atom is -0.298 e. The van der Waals surface area contributed by atoms with Gasteiger partial charge in [-0.3, -0.25) is 9.59 Å². The summed E-state index contributed by atoms with van der Waals surface area (Å²) in [7, 11) is 0. The van der Waals surface area contributed by atoms with Crippen molar-refractivity contribution >= 4 is 46.0 Å². The van der Waals surface area contributed by atoms with Crippen LogP contribution in [0.2, 0.25) is 5.15 Å². The van der Waals surface area contributed by atoms with Crippen LogP contribution in [0.3, 0.4) is 0 Å². The van der Waals surface area contributed by atoms with Crippen molar-refractivity contribution in [2.45, 2.75) is 0 Å². The van der Waals surface area contributed by atoms with Gasteiger partial charge in [0.15, 0.2) is 12.6 Å². The van der Waals surface area contributed by atoms with E-state index in [-0.39, 0.29) is 5.15 Å². The molecular weight excluding hydrogens is 336 g/mol. The van der Waals surface area contributed by atoms with Crippen molar-refractivity contribution in [2.24, 2.45) is 0 Å². The highest BCUT2D eigenvalue weighted by Crippen LogP contribution is 2.18. The molecule has 0 aliphatic rings. The van der Waals surface area contributed by atoms with Crippen LogP contribution in [0.15, 0.2) is 66.7 Å². The van der Waals surface area contributed by atoms with Gasteiger partial charge in [0, 0.05) is 10.8 Å². The van der Waals surface area contributed by atoms with E-state index < -0.39 is 0 Å². The lowest BCUT2D eigenvalue weighted by Gasteiger charge is -1.99. The SMILES string of the molecule is O=Cc1cc2ccccc2nc1Cl.O=Cc1ccc2ccccc2n1. The summed E-state index contributed by atoms with van der Waals surface area (Å²) in [5, 5.41) is 2.24. The largest absolute Gasteiger partial charge is 0.298 e. The van der Waals surface area contributed by atoms with Crippen molar-refractivity contribution in [3.8, 4) is 0 Å². The van der Waals surface area contributed by atoms with Gasteiger partial charge in [-0.2, -0.15) is 0 Å². The van der Waals surface area contributed by atoms with Gasteiger partial charge in [-0.1, -0.05) is 54.1 Å². The Hall–Kier alpha value is -3.11. The molecular formula is C20H13ClN2O2. The Kier molecular flexibility index (Phi) is 5.11. The van der Waals surface area contributed by atoms with Crippen molar-refractivity contribution < 1.29 is 9.59 Å². The second-order valence-corrected chi connectivity index (χ2v) is 5.58. The van der Waals surface area contributed by atoms with Crippen molar-refractivity contribution in [1.29, 1.82) is 0 Å². The first-order valence-corrected chi connectivity index (χ1v) is 7.90. The van der Waals surface area contributed by atoms with E-state index in [1.807, 2.05) is 54.6 Å². The number of aldehydes is 2. The Bertz CT molecular complexity index is 1060. The quantitative estimate of drug-likeness (QED) is 0.387. The molecule has 0 saturated heterocycles. The molecule has 0 aliphatic carbocycles. The summed E-state index contributed by atoms with van der Waals surface area (Å²) in [6.45, 7) is 0. The zero-order chi connectivity index (χ0) is 17.6. The Balaban J connectivity index is 0.000000146. The third kappa shape index (κ3) is 3.87. The number of carbonyl (C=O) groups is 2. The van der Waals surface area contributed by atoms with Gasteiger partial charge in [0.25, 0.3) is 0 Å². The summed E-state index contributed by atoms with van der Waals surface area (Å²) >= 11 is 5.76. The number of fused-ring (bicyclic) bond motifs is 2. The first-order chi connectivity index (χ1) is 12.2. The zero-order valence-electron chi connectivity index (χ0n) is 13.1. The molecule has 5 heteroatoms. The average Bonchev–Trinajstić information content (AvgIpc) is 2.67. The van der Waals surface area contributed by atoms with E-state index in [2.05, 4.69) is 9.97 Å². The van der Waals surface area contributed by atoms with Crippen molar-refractivity contribution in [1.82, 2.24) is 9.97 Å². The molecule has 0 radical (unpaired) electrons. The van der Waals surface area contributed by atoms with Gasteiger partial charge in [-0.25, -0.2) is 9.97 Å². The molecule has 0 amide bonds. The van der Waals surface area contributed by atoms with Gasteiger partial charge in [0.1, 0.15) is 10.8 Å². The summed E-state index contributed by atoms with van der Waals surface area (Å²) in [6, 6.07) is 20.6. The van der Waals surface area contributed by atoms with Gasteiger partial charge in [0.05, 0.1) is 16.6 Å². The molecule has 2 aromatic heterocycles. The fraction of sp³-hybridized carbons (Fsp3) is 0. The van der Waals surface area contributed by atoms with Gasteiger partial charge in [0.2, 0.25) is 0 Å². The third-order valence-electron chi connectivity index (χ3n) is 3.57. The highest BCUT2D eigenvalue weighted by Gasteiger charge is 2.02. The monoisotopic (exact) mass is 348 g/mol. The number of benzene rings is 2. The molecule has 2 aromatic carbocycles. The summed E-state index contributed by atoms with van der Waals surface area (Å²) in [4.78, 5) is 29.1. The lowest BCUT2D eigenvalue weighted by atomic mass is 10.2. The number of halogens is 1. The molecule has 0 saturated carbocycles. The molecule has 0 unspecified atom stereocenters. The maximum absolute atomic E-state index is 10.5. The normalized spacial score (nSPS) is 10.1. The standard InChI is InChI=1S/C10H6ClNO.C10H7NO/c11-10-8(6-13)5-7-3-1-2-4-9(7)12-10;12-7-9-6-5-8-3-1-2-4-10(8)11-9/h1-6H;1-7H. The Morgan fingerprint density at radius 2 is 1.36 bits per heavy atom. The molecule has 4 aromatic rings. The number of nitrogens with zero attached hydrogens (tertiary/aromatic N) is 2. The third-order valence-corrected chi connectivity index (χ3v) is 3.87. The molecule has 25 heavy (non-hydrogen) atoms. The molecule has 4 nitrogen and oxygen atoms in total. The number of hydrogen-bond donors (Lipinski definition) is 0. The zero-order valence-corrected chi connectivity index (χ0v) is 13.9. The molecule has 0 fully saturated rings. The maximum atomic E-state index is 10.5. The molecule has 0 aliphatic heterocycles. The first-order valence-electron chi connectivity index (χ1n) is 7.52. The molecule has 122 valence electrons. The van der Waals surface area contributed by atoms with E-state index in [1.165, 1.54) is 0 Å². The molecule has 0 bridgehead atoms. The summed E-state index contributed by atoms with van der Waals surface area (Å²) < 4.78 is 0. The predicted molar refractivity (Wildman–Crippen MR) is 99.3 cm³/mol. The van der Waals surface area contributed by atoms with Crippen molar-refractivity contribution in [2.75, 3.05) is 0 Å². The van der Waals surface area contributed by atoms with Crippen LogP contribution in [-0.2, 0) is 0 Å². The number of aromatic nitrogens is 2. The minimum absolute atomic E-state index is 0.258. The predicted octanol–water partition coefficient (Wildman–Crippen LogP) is 4.75. The van der Waals surface area contributed by atoms with Crippen molar-refractivity contribution in [3.63, 3.8) is 0 Å². The fourth-order valence-corrected chi connectivity index (χ4v) is 2.53. The molecule has 0 atom stereocenters. The second-order valence-electron chi connectivity index (χ2n) is 5.23. The summed E-state index contributed by atoms with van der Waals surface area (Å²) in [6.07, 6.45) is 1.47. The van der Waals surface area contributed by atoms with Crippen LogP contribution >= 0.6 is 11.6 Å². The number of hydrogen-bond acceptors (Lipinski definition) is 4. The minimum atomic E-state index is 0.258.